The summed E-state index contributed by atoms with van der Waals surface area (Å²) in [5.74, 6) is 0. The van der Waals surface area contributed by atoms with Gasteiger partial charge in [0.25, 0.3) is 0 Å². The molecule has 0 spiro atoms. The molecule has 0 nitrogen and oxygen atoms in total. The van der Waals surface area contributed by atoms with E-state index in [4.69, 9.17) is 20.4 Å². The second-order valence-electron chi connectivity index (χ2n) is 3.40. The maximum absolute atomic E-state index is 4.70. The van der Waals surface area contributed by atoms with Gasteiger partial charge in [-0.25, -0.2) is 0 Å². The molecule has 0 bridgehead atoms. The van der Waals surface area contributed by atoms with Crippen LogP contribution in [0.25, 0.3) is 0 Å². The number of halogens is 2. The van der Waals surface area contributed by atoms with Crippen molar-refractivity contribution in [1.29, 1.82) is 0 Å². The van der Waals surface area contributed by atoms with Crippen LogP contribution >= 0.6 is 29.0 Å². The van der Waals surface area contributed by atoms with E-state index >= 15 is 0 Å². The van der Waals surface area contributed by atoms with E-state index in [-0.39, 0.29) is 0 Å². The molecule has 0 atom stereocenters. The Morgan fingerprint density at radius 3 is 1.42 bits per heavy atom. The van der Waals surface area contributed by atoms with Crippen molar-refractivity contribution in [2.45, 2.75) is 13.3 Å². The summed E-state index contributed by atoms with van der Waals surface area (Å²) in [6, 6.07) is 21.2. The standard InChI is InChI=1S/C12H11P.C3H7.2ClH.Ni/c1-3-7-11(8-4-1)13-12-9-5-2-6-10-12;1-3-2;;;/h1-10,13H;1,3H2,2H3;2*1H;/q;-1;;;+3/p-2. The molecule has 4 heteroatoms. The van der Waals surface area contributed by atoms with Crippen LogP contribution in [0.3, 0.4) is 0 Å². The van der Waals surface area contributed by atoms with Gasteiger partial charge in [-0.2, -0.15) is 6.42 Å². The monoisotopic (exact) mass is 357 g/mol. The first-order valence-corrected chi connectivity index (χ1v) is 9.49. The average Bonchev–Trinajstić information content (AvgIpc) is 2.43. The number of benzene rings is 2. The Labute approximate surface area is 133 Å². The van der Waals surface area contributed by atoms with Crippen LogP contribution in [0.1, 0.15) is 13.3 Å². The van der Waals surface area contributed by atoms with Crippen molar-refractivity contribution in [3.05, 3.63) is 67.6 Å². The Balaban J connectivity index is 0.000000465. The SMILES string of the molecule is [CH2-]CC.[Cl][Ni+][Cl].c1ccc(Pc2ccccc2)cc1. The molecular formula is C15H18Cl2NiP. The van der Waals surface area contributed by atoms with Gasteiger partial charge in [-0.1, -0.05) is 76.2 Å². The summed E-state index contributed by atoms with van der Waals surface area (Å²) in [6.45, 7) is 5.50. The number of hydrogen-bond acceptors (Lipinski definition) is 0. The van der Waals surface area contributed by atoms with Gasteiger partial charge in [0.15, 0.2) is 0 Å². The Hall–Kier alpha value is -0.0565. The zero-order valence-electron chi connectivity index (χ0n) is 10.8. The predicted molar refractivity (Wildman–Crippen MR) is 87.8 cm³/mol. The van der Waals surface area contributed by atoms with Crippen molar-refractivity contribution < 1.29 is 12.7 Å². The minimum Gasteiger partial charge on any atom is -0.0622 e. The first-order valence-electron chi connectivity index (χ1n) is 5.77. The zero-order valence-corrected chi connectivity index (χ0v) is 14.3. The smallest absolute Gasteiger partial charge is 0.0226 e. The zero-order chi connectivity index (χ0) is 14.3. The molecule has 0 aliphatic heterocycles. The molecule has 2 rings (SSSR count). The van der Waals surface area contributed by atoms with E-state index in [1.807, 2.05) is 6.92 Å². The Morgan fingerprint density at radius 2 is 1.16 bits per heavy atom. The molecule has 0 amide bonds. The van der Waals surface area contributed by atoms with Gasteiger partial charge in [0.05, 0.1) is 0 Å². The van der Waals surface area contributed by atoms with Gasteiger partial charge in [0.1, 0.15) is 0 Å². The van der Waals surface area contributed by atoms with Crippen LogP contribution < -0.4 is 10.6 Å². The van der Waals surface area contributed by atoms with E-state index in [1.165, 1.54) is 10.6 Å². The maximum atomic E-state index is 4.70. The van der Waals surface area contributed by atoms with Crippen LogP contribution in [0.5, 0.6) is 0 Å². The molecule has 0 unspecified atom stereocenters. The fraction of sp³-hybridized carbons (Fsp3) is 0.133. The second-order valence-corrected chi connectivity index (χ2v) is 6.44. The van der Waals surface area contributed by atoms with E-state index in [0.717, 1.165) is 15.0 Å². The van der Waals surface area contributed by atoms with E-state index in [1.54, 1.807) is 0 Å². The molecule has 0 radical (unpaired) electrons. The number of rotatable bonds is 2. The predicted octanol–water partition coefficient (Wildman–Crippen LogP) is 4.92. The Kier molecular flexibility index (Phi) is 14.3. The fourth-order valence-electron chi connectivity index (χ4n) is 1.21. The van der Waals surface area contributed by atoms with Gasteiger partial charge in [-0.3, -0.25) is 0 Å². The van der Waals surface area contributed by atoms with Crippen LogP contribution in [-0.2, 0) is 12.7 Å². The van der Waals surface area contributed by atoms with Crippen molar-refractivity contribution in [1.82, 2.24) is 0 Å². The minimum atomic E-state index is 0.569. The second kappa shape index (κ2) is 14.4. The number of hydrogen-bond donors (Lipinski definition) is 0. The summed E-state index contributed by atoms with van der Waals surface area (Å²) in [6.07, 6.45) is 1.00. The molecule has 0 saturated heterocycles. The maximum Gasteiger partial charge on any atom is -0.0226 e. The largest absolute Gasteiger partial charge is 0.0622 e. The molecular weight excluding hydrogens is 341 g/mol. The quantitative estimate of drug-likeness (QED) is 0.406. The molecule has 2 aromatic carbocycles. The summed E-state index contributed by atoms with van der Waals surface area (Å²) in [4.78, 5) is 0. The molecule has 107 valence electrons. The summed E-state index contributed by atoms with van der Waals surface area (Å²) in [5, 5.41) is 2.79. The van der Waals surface area contributed by atoms with Crippen molar-refractivity contribution >= 4 is 39.6 Å². The average molecular weight is 359 g/mol. The first-order chi connectivity index (χ1) is 9.28. The van der Waals surface area contributed by atoms with Gasteiger partial charge in [0, 0.05) is 0 Å². The van der Waals surface area contributed by atoms with E-state index in [9.17, 15) is 0 Å². The van der Waals surface area contributed by atoms with Crippen molar-refractivity contribution in [3.63, 3.8) is 0 Å². The molecule has 0 heterocycles. The Bertz CT molecular complexity index is 356. The van der Waals surface area contributed by atoms with Crippen LogP contribution in [0.4, 0.5) is 0 Å². The molecule has 19 heavy (non-hydrogen) atoms. The van der Waals surface area contributed by atoms with Crippen molar-refractivity contribution in [3.8, 4) is 0 Å². The third kappa shape index (κ3) is 11.5. The van der Waals surface area contributed by atoms with Gasteiger partial charge in [-0.15, -0.1) is 0 Å². The Morgan fingerprint density at radius 1 is 0.895 bits per heavy atom. The van der Waals surface area contributed by atoms with E-state index in [0.29, 0.717) is 12.7 Å². The first kappa shape index (κ1) is 18.9. The summed E-state index contributed by atoms with van der Waals surface area (Å²) >= 11 is 0.569. The molecule has 0 aliphatic rings. The van der Waals surface area contributed by atoms with Gasteiger partial charge in [-0.05, 0) is 10.6 Å². The molecule has 0 saturated carbocycles. The molecule has 0 aliphatic carbocycles. The topological polar surface area (TPSA) is 0 Å². The minimum absolute atomic E-state index is 0.569. The molecule has 0 N–H and O–H groups in total. The third-order valence-corrected chi connectivity index (χ3v) is 3.08. The molecule has 0 aromatic heterocycles. The van der Waals surface area contributed by atoms with E-state index < -0.39 is 0 Å². The van der Waals surface area contributed by atoms with Crippen LogP contribution in [0.15, 0.2) is 60.7 Å². The summed E-state index contributed by atoms with van der Waals surface area (Å²) in [5.41, 5.74) is 0. The summed E-state index contributed by atoms with van der Waals surface area (Å²) < 4.78 is 0. The normalized spacial score (nSPS) is 8.84. The van der Waals surface area contributed by atoms with Crippen LogP contribution in [0.2, 0.25) is 0 Å². The van der Waals surface area contributed by atoms with Crippen LogP contribution in [-0.4, -0.2) is 0 Å². The van der Waals surface area contributed by atoms with Crippen molar-refractivity contribution in [2.75, 3.05) is 0 Å². The fourth-order valence-corrected chi connectivity index (χ4v) is 2.26. The van der Waals surface area contributed by atoms with Gasteiger partial charge in [0.2, 0.25) is 0 Å². The third-order valence-electron chi connectivity index (χ3n) is 1.84. The van der Waals surface area contributed by atoms with Crippen LogP contribution in [0, 0.1) is 6.92 Å². The van der Waals surface area contributed by atoms with Gasteiger partial charge < -0.3 is 6.92 Å². The van der Waals surface area contributed by atoms with Gasteiger partial charge >= 0.3 is 33.0 Å². The molecule has 0 fully saturated rings. The molecule has 2 aromatic rings. The summed E-state index contributed by atoms with van der Waals surface area (Å²) in [7, 11) is 10.2. The van der Waals surface area contributed by atoms with Crippen molar-refractivity contribution in [2.24, 2.45) is 0 Å². The van der Waals surface area contributed by atoms with E-state index in [2.05, 4.69) is 67.6 Å².